The van der Waals surface area contributed by atoms with Crippen molar-refractivity contribution < 1.29 is 19.0 Å². The largest absolute Gasteiger partial charge is 0.502 e. The van der Waals surface area contributed by atoms with Gasteiger partial charge in [0.15, 0.2) is 0 Å². The minimum absolute atomic E-state index is 0.236. The summed E-state index contributed by atoms with van der Waals surface area (Å²) in [5.41, 5.74) is 1.70. The summed E-state index contributed by atoms with van der Waals surface area (Å²) >= 11 is 1.75. The molecule has 2 N–H and O–H groups in total. The Kier molecular flexibility index (Phi) is 9.18. The summed E-state index contributed by atoms with van der Waals surface area (Å²) in [6.07, 6.45) is 4.61. The van der Waals surface area contributed by atoms with Gasteiger partial charge in [0.05, 0.1) is 18.7 Å². The van der Waals surface area contributed by atoms with Crippen molar-refractivity contribution in [3.63, 3.8) is 0 Å². The van der Waals surface area contributed by atoms with Gasteiger partial charge in [0.2, 0.25) is 5.69 Å². The van der Waals surface area contributed by atoms with Crippen molar-refractivity contribution in [1.29, 1.82) is 0 Å². The summed E-state index contributed by atoms with van der Waals surface area (Å²) in [5.74, 6) is 2.63. The zero-order valence-corrected chi connectivity index (χ0v) is 19.4. The van der Waals surface area contributed by atoms with Gasteiger partial charge < -0.3 is 24.8 Å². The number of aromatic nitrogens is 1. The number of carbonyl (C=O) groups excluding carboxylic acids is 1. The van der Waals surface area contributed by atoms with Crippen LogP contribution in [-0.2, 0) is 4.74 Å². The Morgan fingerprint density at radius 3 is 2.70 bits per heavy atom. The number of ether oxygens (including phenoxy) is 3. The Balaban J connectivity index is 1.70. The molecule has 0 aliphatic heterocycles. The van der Waals surface area contributed by atoms with Gasteiger partial charge in [-0.25, -0.2) is 9.64 Å². The SMILES string of the molecule is [C-]#[N+]c1cc2c(Oc3ccc(NC(=O)NCCCSC)cc3)ccnc2cc1OCCOC. The van der Waals surface area contributed by atoms with Gasteiger partial charge in [-0.3, -0.25) is 4.98 Å². The molecule has 0 atom stereocenters. The minimum Gasteiger partial charge on any atom is -0.502 e. The van der Waals surface area contributed by atoms with Crippen LogP contribution in [0.4, 0.5) is 16.2 Å². The Hall–Kier alpha value is -3.48. The fraction of sp³-hybridized carbons (Fsp3) is 0.292. The number of hydrogen-bond acceptors (Lipinski definition) is 6. The number of nitrogens with one attached hydrogen (secondary N) is 2. The van der Waals surface area contributed by atoms with E-state index in [1.54, 1.807) is 67.5 Å². The first-order chi connectivity index (χ1) is 16.1. The first-order valence-electron chi connectivity index (χ1n) is 10.4. The number of amides is 2. The first kappa shape index (κ1) is 24.2. The van der Waals surface area contributed by atoms with Gasteiger partial charge in [-0.15, -0.1) is 0 Å². The highest BCUT2D eigenvalue weighted by atomic mass is 32.2. The number of rotatable bonds is 11. The van der Waals surface area contributed by atoms with E-state index in [2.05, 4.69) is 20.5 Å². The molecule has 33 heavy (non-hydrogen) atoms. The number of fused-ring (bicyclic) bond motifs is 1. The van der Waals surface area contributed by atoms with Crippen LogP contribution < -0.4 is 20.1 Å². The van der Waals surface area contributed by atoms with Crippen molar-refractivity contribution in [3.8, 4) is 17.2 Å². The number of pyridine rings is 1. The molecular weight excluding hydrogens is 440 g/mol. The van der Waals surface area contributed by atoms with Crippen LogP contribution in [0.15, 0.2) is 48.7 Å². The van der Waals surface area contributed by atoms with Gasteiger partial charge in [-0.05, 0) is 60.9 Å². The Morgan fingerprint density at radius 1 is 1.15 bits per heavy atom. The highest BCUT2D eigenvalue weighted by Crippen LogP contribution is 2.37. The van der Waals surface area contributed by atoms with E-state index in [0.717, 1.165) is 12.2 Å². The number of thioether (sulfide) groups is 1. The second-order valence-corrected chi connectivity index (χ2v) is 7.94. The molecule has 2 amide bonds. The lowest BCUT2D eigenvalue weighted by Gasteiger charge is -2.12. The van der Waals surface area contributed by atoms with Crippen molar-refractivity contribution in [2.45, 2.75) is 6.42 Å². The molecule has 172 valence electrons. The number of carbonyl (C=O) groups is 1. The van der Waals surface area contributed by atoms with E-state index in [-0.39, 0.29) is 6.03 Å². The zero-order valence-electron chi connectivity index (χ0n) is 18.6. The van der Waals surface area contributed by atoms with Crippen LogP contribution in [0.1, 0.15) is 6.42 Å². The van der Waals surface area contributed by atoms with E-state index >= 15 is 0 Å². The average molecular weight is 467 g/mol. The molecule has 1 aromatic heterocycles. The number of anilines is 1. The predicted molar refractivity (Wildman–Crippen MR) is 132 cm³/mol. The average Bonchev–Trinajstić information content (AvgIpc) is 2.83. The van der Waals surface area contributed by atoms with E-state index in [4.69, 9.17) is 20.8 Å². The zero-order chi connectivity index (χ0) is 23.5. The number of nitrogens with zero attached hydrogens (tertiary/aromatic N) is 2. The Bertz CT molecular complexity index is 1120. The topological polar surface area (TPSA) is 86.1 Å². The van der Waals surface area contributed by atoms with E-state index in [1.807, 2.05) is 6.26 Å². The van der Waals surface area contributed by atoms with Crippen LogP contribution in [0.3, 0.4) is 0 Å². The van der Waals surface area contributed by atoms with Gasteiger partial charge in [-0.2, -0.15) is 11.8 Å². The third-order valence-electron chi connectivity index (χ3n) is 4.60. The van der Waals surface area contributed by atoms with Crippen LogP contribution in [0, 0.1) is 6.57 Å². The van der Waals surface area contributed by atoms with Crippen LogP contribution in [0.25, 0.3) is 15.7 Å². The normalized spacial score (nSPS) is 10.5. The summed E-state index contributed by atoms with van der Waals surface area (Å²) in [6, 6.07) is 12.0. The molecule has 0 unspecified atom stereocenters. The van der Waals surface area contributed by atoms with Crippen molar-refractivity contribution in [2.75, 3.05) is 44.2 Å². The molecule has 0 spiro atoms. The second kappa shape index (κ2) is 12.5. The summed E-state index contributed by atoms with van der Waals surface area (Å²) in [7, 11) is 1.59. The highest BCUT2D eigenvalue weighted by molar-refractivity contribution is 7.98. The molecular formula is C24H26N4O4S. The molecule has 0 bridgehead atoms. The number of urea groups is 1. The van der Waals surface area contributed by atoms with E-state index in [1.165, 1.54) is 0 Å². The first-order valence-corrected chi connectivity index (χ1v) is 11.8. The van der Waals surface area contributed by atoms with Gasteiger partial charge in [0, 0.05) is 30.9 Å². The molecule has 3 aromatic rings. The molecule has 0 aliphatic rings. The molecule has 0 radical (unpaired) electrons. The van der Waals surface area contributed by atoms with Gasteiger partial charge in [0.1, 0.15) is 23.9 Å². The smallest absolute Gasteiger partial charge is 0.319 e. The lowest BCUT2D eigenvalue weighted by Crippen LogP contribution is -2.29. The molecule has 0 saturated carbocycles. The molecule has 3 rings (SSSR count). The molecule has 0 aliphatic carbocycles. The second-order valence-electron chi connectivity index (χ2n) is 6.95. The molecule has 2 aromatic carbocycles. The van der Waals surface area contributed by atoms with Crippen LogP contribution in [0.5, 0.6) is 17.2 Å². The van der Waals surface area contributed by atoms with E-state index in [0.29, 0.717) is 59.3 Å². The lowest BCUT2D eigenvalue weighted by atomic mass is 10.1. The Labute approximate surface area is 197 Å². The number of hydrogen-bond donors (Lipinski definition) is 2. The van der Waals surface area contributed by atoms with Gasteiger partial charge in [0.25, 0.3) is 0 Å². The van der Waals surface area contributed by atoms with E-state index < -0.39 is 0 Å². The number of benzene rings is 2. The third-order valence-corrected chi connectivity index (χ3v) is 5.30. The summed E-state index contributed by atoms with van der Waals surface area (Å²) < 4.78 is 16.7. The van der Waals surface area contributed by atoms with Crippen molar-refractivity contribution in [1.82, 2.24) is 10.3 Å². The highest BCUT2D eigenvalue weighted by Gasteiger charge is 2.12. The minimum atomic E-state index is -0.236. The Morgan fingerprint density at radius 2 is 1.97 bits per heavy atom. The fourth-order valence-corrected chi connectivity index (χ4v) is 3.42. The maximum atomic E-state index is 12.0. The summed E-state index contributed by atoms with van der Waals surface area (Å²) in [5, 5.41) is 6.34. The van der Waals surface area contributed by atoms with Crippen molar-refractivity contribution >= 4 is 40.1 Å². The van der Waals surface area contributed by atoms with Crippen LogP contribution in [0.2, 0.25) is 0 Å². The van der Waals surface area contributed by atoms with Gasteiger partial charge in [-0.1, -0.05) is 0 Å². The maximum Gasteiger partial charge on any atom is 0.319 e. The standard InChI is InChI=1S/C24H26N4O4S/c1-25-21-15-19-20(16-23(21)31-13-12-30-2)26-11-9-22(19)32-18-7-5-17(6-8-18)28-24(29)27-10-4-14-33-3/h5-9,11,15-16H,4,10,12-14H2,2-3H3,(H2,27,28,29). The molecule has 0 saturated heterocycles. The fourth-order valence-electron chi connectivity index (χ4n) is 2.99. The number of methoxy groups -OCH3 is 1. The van der Waals surface area contributed by atoms with Crippen LogP contribution in [-0.4, -0.2) is 49.9 Å². The maximum absolute atomic E-state index is 12.0. The molecule has 1 heterocycles. The monoisotopic (exact) mass is 466 g/mol. The quantitative estimate of drug-likeness (QED) is 0.288. The molecule has 9 heteroatoms. The summed E-state index contributed by atoms with van der Waals surface area (Å²) in [4.78, 5) is 19.9. The van der Waals surface area contributed by atoms with Crippen LogP contribution >= 0.6 is 11.8 Å². The predicted octanol–water partition coefficient (Wildman–Crippen LogP) is 5.48. The lowest BCUT2D eigenvalue weighted by molar-refractivity contribution is 0.147. The van der Waals surface area contributed by atoms with Crippen molar-refractivity contribution in [2.24, 2.45) is 0 Å². The summed E-state index contributed by atoms with van der Waals surface area (Å²) in [6.45, 7) is 8.89. The third kappa shape index (κ3) is 7.00. The molecule has 8 nitrogen and oxygen atoms in total. The van der Waals surface area contributed by atoms with Gasteiger partial charge >= 0.3 is 6.03 Å². The molecule has 0 fully saturated rings. The van der Waals surface area contributed by atoms with Crippen molar-refractivity contribution in [3.05, 3.63) is 60.1 Å². The van der Waals surface area contributed by atoms with E-state index in [9.17, 15) is 4.79 Å².